The topological polar surface area (TPSA) is 78.9 Å². The maximum atomic E-state index is 12.0. The van der Waals surface area contributed by atoms with Crippen molar-refractivity contribution >= 4 is 11.8 Å². The lowest BCUT2D eigenvalue weighted by atomic mass is 10.1. The van der Waals surface area contributed by atoms with Crippen molar-refractivity contribution in [1.82, 2.24) is 10.2 Å². The second-order valence-corrected chi connectivity index (χ2v) is 5.68. The number of carbonyl (C=O) groups is 2. The third kappa shape index (κ3) is 4.96. The SMILES string of the molecule is COc1ccccc1CCNC(=O)CN1CCCCC(O)C1=O. The van der Waals surface area contributed by atoms with Crippen molar-refractivity contribution in [3.63, 3.8) is 0 Å². The van der Waals surface area contributed by atoms with Crippen molar-refractivity contribution in [1.29, 1.82) is 0 Å². The normalized spacial score (nSPS) is 18.4. The Hall–Kier alpha value is -2.08. The van der Waals surface area contributed by atoms with Crippen molar-refractivity contribution in [3.05, 3.63) is 29.8 Å². The molecule has 1 atom stereocenters. The van der Waals surface area contributed by atoms with Gasteiger partial charge >= 0.3 is 0 Å². The molecule has 1 saturated heterocycles. The molecule has 6 nitrogen and oxygen atoms in total. The highest BCUT2D eigenvalue weighted by Gasteiger charge is 2.26. The molecule has 0 saturated carbocycles. The first-order chi connectivity index (χ1) is 11.1. The van der Waals surface area contributed by atoms with Crippen LogP contribution in [0.3, 0.4) is 0 Å². The summed E-state index contributed by atoms with van der Waals surface area (Å²) in [5.74, 6) is 0.247. The van der Waals surface area contributed by atoms with E-state index in [2.05, 4.69) is 5.32 Å². The van der Waals surface area contributed by atoms with E-state index in [1.54, 1.807) is 7.11 Å². The average molecular weight is 320 g/mol. The van der Waals surface area contributed by atoms with Crippen LogP contribution < -0.4 is 10.1 Å². The summed E-state index contributed by atoms with van der Waals surface area (Å²) < 4.78 is 5.27. The summed E-state index contributed by atoms with van der Waals surface area (Å²) in [6.07, 6.45) is 1.78. The molecule has 126 valence electrons. The van der Waals surface area contributed by atoms with Gasteiger partial charge in [-0.15, -0.1) is 0 Å². The van der Waals surface area contributed by atoms with E-state index in [0.717, 1.165) is 24.2 Å². The molecule has 1 fully saturated rings. The molecule has 23 heavy (non-hydrogen) atoms. The van der Waals surface area contributed by atoms with Gasteiger partial charge in [0.2, 0.25) is 5.91 Å². The molecule has 1 unspecified atom stereocenters. The summed E-state index contributed by atoms with van der Waals surface area (Å²) in [5.41, 5.74) is 1.02. The molecule has 2 N–H and O–H groups in total. The first kappa shape index (κ1) is 17.3. The van der Waals surface area contributed by atoms with Crippen LogP contribution in [0.2, 0.25) is 0 Å². The molecule has 0 radical (unpaired) electrons. The Morgan fingerprint density at radius 3 is 2.96 bits per heavy atom. The van der Waals surface area contributed by atoms with Crippen LogP contribution in [-0.2, 0) is 16.0 Å². The number of carbonyl (C=O) groups excluding carboxylic acids is 2. The Kier molecular flexibility index (Phi) is 6.40. The van der Waals surface area contributed by atoms with E-state index < -0.39 is 6.10 Å². The third-order valence-electron chi connectivity index (χ3n) is 4.00. The zero-order valence-corrected chi connectivity index (χ0v) is 13.5. The van der Waals surface area contributed by atoms with Crippen LogP contribution >= 0.6 is 0 Å². The number of hydrogen-bond acceptors (Lipinski definition) is 4. The number of nitrogens with one attached hydrogen (secondary N) is 1. The van der Waals surface area contributed by atoms with Crippen LogP contribution in [0.5, 0.6) is 5.75 Å². The Bertz CT molecular complexity index is 547. The molecule has 1 aromatic carbocycles. The minimum absolute atomic E-state index is 0.00180. The highest BCUT2D eigenvalue weighted by atomic mass is 16.5. The van der Waals surface area contributed by atoms with Gasteiger partial charge in [0.15, 0.2) is 0 Å². The predicted molar refractivity (Wildman–Crippen MR) is 86.1 cm³/mol. The third-order valence-corrected chi connectivity index (χ3v) is 4.00. The number of para-hydroxylation sites is 1. The number of ether oxygens (including phenoxy) is 1. The Labute approximate surface area is 136 Å². The van der Waals surface area contributed by atoms with Crippen LogP contribution in [0.15, 0.2) is 24.3 Å². The molecule has 6 heteroatoms. The number of amides is 2. The predicted octanol–water partition coefficient (Wildman–Crippen LogP) is 0.727. The molecule has 0 bridgehead atoms. The minimum atomic E-state index is -0.973. The molecule has 0 spiro atoms. The highest BCUT2D eigenvalue weighted by Crippen LogP contribution is 2.17. The molecule has 1 aliphatic heterocycles. The van der Waals surface area contributed by atoms with Crippen LogP contribution in [0.4, 0.5) is 0 Å². The van der Waals surface area contributed by atoms with Crippen molar-refractivity contribution in [3.8, 4) is 5.75 Å². The largest absolute Gasteiger partial charge is 0.496 e. The lowest BCUT2D eigenvalue weighted by molar-refractivity contribution is -0.142. The smallest absolute Gasteiger partial charge is 0.251 e. The molecule has 1 aliphatic rings. The number of methoxy groups -OCH3 is 1. The van der Waals surface area contributed by atoms with E-state index in [0.29, 0.717) is 25.9 Å². The van der Waals surface area contributed by atoms with Crippen molar-refractivity contribution in [2.24, 2.45) is 0 Å². The Balaban J connectivity index is 1.79. The standard InChI is InChI=1S/C17H24N2O4/c1-23-15-8-3-2-6-13(15)9-10-18-16(21)12-19-11-5-4-7-14(20)17(19)22/h2-3,6,8,14,20H,4-5,7,9-12H2,1H3,(H,18,21). The number of likely N-dealkylation sites (tertiary alicyclic amines) is 1. The summed E-state index contributed by atoms with van der Waals surface area (Å²) >= 11 is 0. The van der Waals surface area contributed by atoms with Gasteiger partial charge < -0.3 is 20.1 Å². The molecule has 0 aromatic heterocycles. The first-order valence-corrected chi connectivity index (χ1v) is 7.97. The van der Waals surface area contributed by atoms with Gasteiger partial charge in [-0.2, -0.15) is 0 Å². The summed E-state index contributed by atoms with van der Waals surface area (Å²) in [6.45, 7) is 1.00. The van der Waals surface area contributed by atoms with Gasteiger partial charge in [-0.3, -0.25) is 9.59 Å². The second-order valence-electron chi connectivity index (χ2n) is 5.68. The number of nitrogens with zero attached hydrogens (tertiary/aromatic N) is 1. The summed E-state index contributed by atoms with van der Waals surface area (Å²) in [5, 5.41) is 12.5. The summed E-state index contributed by atoms with van der Waals surface area (Å²) in [4.78, 5) is 25.4. The van der Waals surface area contributed by atoms with Crippen LogP contribution in [0.25, 0.3) is 0 Å². The molecule has 1 heterocycles. The van der Waals surface area contributed by atoms with Crippen LogP contribution in [-0.4, -0.2) is 54.7 Å². The van der Waals surface area contributed by atoms with Crippen LogP contribution in [0, 0.1) is 0 Å². The lowest BCUT2D eigenvalue weighted by Gasteiger charge is -2.21. The number of aliphatic hydroxyl groups excluding tert-OH is 1. The summed E-state index contributed by atoms with van der Waals surface area (Å²) in [7, 11) is 1.62. The van der Waals surface area contributed by atoms with Gasteiger partial charge in [0.05, 0.1) is 13.7 Å². The van der Waals surface area contributed by atoms with Crippen molar-refractivity contribution in [2.75, 3.05) is 26.7 Å². The zero-order valence-electron chi connectivity index (χ0n) is 13.5. The van der Waals surface area contributed by atoms with E-state index in [9.17, 15) is 14.7 Å². The molecule has 1 aromatic rings. The fourth-order valence-electron chi connectivity index (χ4n) is 2.72. The van der Waals surface area contributed by atoms with E-state index in [1.807, 2.05) is 24.3 Å². The lowest BCUT2D eigenvalue weighted by Crippen LogP contribution is -2.44. The summed E-state index contributed by atoms with van der Waals surface area (Å²) in [6, 6.07) is 7.67. The maximum absolute atomic E-state index is 12.0. The molecule has 2 amide bonds. The van der Waals surface area contributed by atoms with E-state index in [4.69, 9.17) is 4.74 Å². The van der Waals surface area contributed by atoms with Gasteiger partial charge in [0, 0.05) is 13.1 Å². The minimum Gasteiger partial charge on any atom is -0.496 e. The Morgan fingerprint density at radius 2 is 2.17 bits per heavy atom. The van der Waals surface area contributed by atoms with E-state index in [1.165, 1.54) is 4.90 Å². The monoisotopic (exact) mass is 320 g/mol. The van der Waals surface area contributed by atoms with Gasteiger partial charge in [0.25, 0.3) is 5.91 Å². The number of rotatable bonds is 6. The first-order valence-electron chi connectivity index (χ1n) is 7.97. The van der Waals surface area contributed by atoms with Crippen molar-refractivity contribution in [2.45, 2.75) is 31.8 Å². The molecular weight excluding hydrogens is 296 g/mol. The molecule has 2 rings (SSSR count). The average Bonchev–Trinajstić information content (AvgIpc) is 2.71. The molecule has 0 aliphatic carbocycles. The fraction of sp³-hybridized carbons (Fsp3) is 0.529. The number of benzene rings is 1. The fourth-order valence-corrected chi connectivity index (χ4v) is 2.72. The molecular formula is C17H24N2O4. The van der Waals surface area contributed by atoms with Crippen molar-refractivity contribution < 1.29 is 19.4 Å². The quantitative estimate of drug-likeness (QED) is 0.810. The van der Waals surface area contributed by atoms with Gasteiger partial charge in [-0.1, -0.05) is 18.2 Å². The van der Waals surface area contributed by atoms with E-state index >= 15 is 0 Å². The van der Waals surface area contributed by atoms with E-state index in [-0.39, 0.29) is 18.4 Å². The van der Waals surface area contributed by atoms with Gasteiger partial charge in [0.1, 0.15) is 11.9 Å². The van der Waals surface area contributed by atoms with Gasteiger partial charge in [-0.05, 0) is 37.3 Å². The Morgan fingerprint density at radius 1 is 1.39 bits per heavy atom. The van der Waals surface area contributed by atoms with Crippen LogP contribution in [0.1, 0.15) is 24.8 Å². The van der Waals surface area contributed by atoms with Gasteiger partial charge in [-0.25, -0.2) is 0 Å². The second kappa shape index (κ2) is 8.53. The number of hydrogen-bond donors (Lipinski definition) is 2. The maximum Gasteiger partial charge on any atom is 0.251 e. The zero-order chi connectivity index (χ0) is 16.7. The number of aliphatic hydroxyl groups is 1. The highest BCUT2D eigenvalue weighted by molar-refractivity contribution is 5.87.